The van der Waals surface area contributed by atoms with E-state index in [1.165, 1.54) is 12.8 Å². The monoisotopic (exact) mass is 284 g/mol. The van der Waals surface area contributed by atoms with E-state index < -0.39 is 5.91 Å². The molecule has 0 aliphatic heterocycles. The van der Waals surface area contributed by atoms with Crippen molar-refractivity contribution in [1.82, 2.24) is 4.98 Å². The van der Waals surface area contributed by atoms with Gasteiger partial charge in [0.1, 0.15) is 5.82 Å². The zero-order valence-corrected chi connectivity index (χ0v) is 11.9. The van der Waals surface area contributed by atoms with Crippen LogP contribution >= 0.6 is 0 Å². The SMILES string of the molecule is NC(=O)c1cc(N[C@@H]2CCCC[C@H]2N)nc2ccccc12. The van der Waals surface area contributed by atoms with E-state index in [1.54, 1.807) is 6.07 Å². The molecule has 2 aromatic rings. The highest BCUT2D eigenvalue weighted by molar-refractivity contribution is 6.06. The van der Waals surface area contributed by atoms with Gasteiger partial charge in [-0.3, -0.25) is 4.79 Å². The van der Waals surface area contributed by atoms with Crippen LogP contribution in [0.2, 0.25) is 0 Å². The van der Waals surface area contributed by atoms with Crippen LogP contribution < -0.4 is 16.8 Å². The third-order valence-electron chi connectivity index (χ3n) is 4.13. The van der Waals surface area contributed by atoms with E-state index in [4.69, 9.17) is 11.5 Å². The van der Waals surface area contributed by atoms with Crippen molar-refractivity contribution in [2.45, 2.75) is 37.8 Å². The van der Waals surface area contributed by atoms with Gasteiger partial charge in [0.15, 0.2) is 0 Å². The zero-order chi connectivity index (χ0) is 14.8. The molecular weight excluding hydrogens is 264 g/mol. The highest BCUT2D eigenvalue weighted by atomic mass is 16.1. The number of hydrogen-bond donors (Lipinski definition) is 3. The van der Waals surface area contributed by atoms with Crippen LogP contribution in [0.5, 0.6) is 0 Å². The van der Waals surface area contributed by atoms with Crippen LogP contribution in [0.15, 0.2) is 30.3 Å². The Hall–Kier alpha value is -2.14. The van der Waals surface area contributed by atoms with Crippen LogP contribution in [0.4, 0.5) is 5.82 Å². The van der Waals surface area contributed by atoms with E-state index in [1.807, 2.05) is 24.3 Å². The zero-order valence-electron chi connectivity index (χ0n) is 11.9. The van der Waals surface area contributed by atoms with Gasteiger partial charge >= 0.3 is 0 Å². The molecule has 0 bridgehead atoms. The number of nitrogens with two attached hydrogens (primary N) is 2. The predicted octanol–water partition coefficient (Wildman–Crippen LogP) is 2.02. The maximum absolute atomic E-state index is 11.7. The van der Waals surface area contributed by atoms with E-state index in [2.05, 4.69) is 10.3 Å². The number of pyridine rings is 1. The molecule has 1 amide bonds. The van der Waals surface area contributed by atoms with Crippen LogP contribution in [0.25, 0.3) is 10.9 Å². The van der Waals surface area contributed by atoms with Gasteiger partial charge in [0.05, 0.1) is 11.1 Å². The van der Waals surface area contributed by atoms with Gasteiger partial charge in [0.2, 0.25) is 5.91 Å². The van der Waals surface area contributed by atoms with E-state index in [0.717, 1.165) is 23.7 Å². The number of anilines is 1. The van der Waals surface area contributed by atoms with Crippen molar-refractivity contribution in [3.05, 3.63) is 35.9 Å². The number of amides is 1. The summed E-state index contributed by atoms with van der Waals surface area (Å²) in [5.74, 6) is 0.231. The number of carbonyl (C=O) groups excluding carboxylic acids is 1. The topological polar surface area (TPSA) is 94.0 Å². The number of aromatic nitrogens is 1. The minimum Gasteiger partial charge on any atom is -0.366 e. The molecule has 0 radical (unpaired) electrons. The van der Waals surface area contributed by atoms with E-state index in [0.29, 0.717) is 11.4 Å². The summed E-state index contributed by atoms with van der Waals surface area (Å²) < 4.78 is 0. The molecule has 1 fully saturated rings. The first kappa shape index (κ1) is 13.8. The van der Waals surface area contributed by atoms with Crippen molar-refractivity contribution in [2.24, 2.45) is 11.5 Å². The summed E-state index contributed by atoms with van der Waals surface area (Å²) in [7, 11) is 0. The smallest absolute Gasteiger partial charge is 0.249 e. The Labute approximate surface area is 123 Å². The average molecular weight is 284 g/mol. The maximum atomic E-state index is 11.7. The van der Waals surface area contributed by atoms with Crippen LogP contribution in [-0.2, 0) is 0 Å². The second-order valence-electron chi connectivity index (χ2n) is 5.64. The summed E-state index contributed by atoms with van der Waals surface area (Å²) in [5, 5.41) is 4.16. The first-order valence-electron chi connectivity index (χ1n) is 7.37. The summed E-state index contributed by atoms with van der Waals surface area (Å²) in [5.41, 5.74) is 12.9. The Morgan fingerprint density at radius 2 is 2.00 bits per heavy atom. The van der Waals surface area contributed by atoms with Crippen LogP contribution in [0.1, 0.15) is 36.0 Å². The number of nitrogens with zero attached hydrogens (tertiary/aromatic N) is 1. The second kappa shape index (κ2) is 5.69. The fraction of sp³-hybridized carbons (Fsp3) is 0.375. The van der Waals surface area contributed by atoms with Gasteiger partial charge < -0.3 is 16.8 Å². The van der Waals surface area contributed by atoms with Crippen LogP contribution in [0.3, 0.4) is 0 Å². The lowest BCUT2D eigenvalue weighted by Crippen LogP contribution is -2.42. The number of fused-ring (bicyclic) bond motifs is 1. The lowest BCUT2D eigenvalue weighted by atomic mass is 9.91. The maximum Gasteiger partial charge on any atom is 0.249 e. The normalized spacial score (nSPS) is 22.1. The van der Waals surface area contributed by atoms with E-state index in [9.17, 15) is 4.79 Å². The molecule has 0 unspecified atom stereocenters. The predicted molar refractivity (Wildman–Crippen MR) is 84.1 cm³/mol. The van der Waals surface area contributed by atoms with Gasteiger partial charge in [-0.1, -0.05) is 31.0 Å². The molecule has 1 aliphatic carbocycles. The number of nitrogens with one attached hydrogen (secondary N) is 1. The molecule has 0 saturated heterocycles. The molecule has 1 aromatic carbocycles. The summed E-state index contributed by atoms with van der Waals surface area (Å²) in [6.07, 6.45) is 4.40. The van der Waals surface area contributed by atoms with Crippen molar-refractivity contribution in [1.29, 1.82) is 0 Å². The highest BCUT2D eigenvalue weighted by Crippen LogP contribution is 2.24. The fourth-order valence-electron chi connectivity index (χ4n) is 2.98. The number of para-hydroxylation sites is 1. The summed E-state index contributed by atoms with van der Waals surface area (Å²) in [4.78, 5) is 16.2. The number of primary amides is 1. The molecule has 5 heteroatoms. The third kappa shape index (κ3) is 2.83. The lowest BCUT2D eigenvalue weighted by Gasteiger charge is -2.29. The van der Waals surface area contributed by atoms with Gasteiger partial charge in [-0.05, 0) is 25.0 Å². The molecule has 1 aromatic heterocycles. The number of hydrogen-bond acceptors (Lipinski definition) is 4. The van der Waals surface area contributed by atoms with E-state index >= 15 is 0 Å². The standard InChI is InChI=1S/C16H20N4O/c17-12-6-2-4-8-14(12)20-15-9-11(16(18)21)10-5-1-3-7-13(10)19-15/h1,3,5,7,9,12,14H,2,4,6,8,17H2,(H2,18,21)(H,19,20)/t12-,14-/m1/s1. The molecule has 2 atom stereocenters. The molecule has 21 heavy (non-hydrogen) atoms. The Balaban J connectivity index is 1.97. The largest absolute Gasteiger partial charge is 0.366 e. The van der Waals surface area contributed by atoms with Gasteiger partial charge in [-0.25, -0.2) is 4.98 Å². The van der Waals surface area contributed by atoms with E-state index in [-0.39, 0.29) is 12.1 Å². The number of benzene rings is 1. The lowest BCUT2D eigenvalue weighted by molar-refractivity contribution is 0.100. The molecule has 1 saturated carbocycles. The van der Waals surface area contributed by atoms with Crippen molar-refractivity contribution in [2.75, 3.05) is 5.32 Å². The first-order valence-corrected chi connectivity index (χ1v) is 7.37. The molecule has 5 N–H and O–H groups in total. The molecular formula is C16H20N4O. The Kier molecular flexibility index (Phi) is 3.75. The summed E-state index contributed by atoms with van der Waals surface area (Å²) in [6, 6.07) is 9.58. The molecule has 1 aliphatic rings. The minimum atomic E-state index is -0.440. The van der Waals surface area contributed by atoms with Gasteiger partial charge in [-0.2, -0.15) is 0 Å². The van der Waals surface area contributed by atoms with Crippen molar-refractivity contribution in [3.8, 4) is 0 Å². The Morgan fingerprint density at radius 1 is 1.24 bits per heavy atom. The molecule has 3 rings (SSSR count). The summed E-state index contributed by atoms with van der Waals surface area (Å²) in [6.45, 7) is 0. The number of carbonyl (C=O) groups is 1. The molecule has 5 nitrogen and oxygen atoms in total. The van der Waals surface area contributed by atoms with Gasteiger partial charge in [-0.15, -0.1) is 0 Å². The molecule has 0 spiro atoms. The minimum absolute atomic E-state index is 0.129. The van der Waals surface area contributed by atoms with Crippen LogP contribution in [-0.4, -0.2) is 23.0 Å². The fourth-order valence-corrected chi connectivity index (χ4v) is 2.98. The van der Waals surface area contributed by atoms with Gasteiger partial charge in [0, 0.05) is 17.5 Å². The second-order valence-corrected chi connectivity index (χ2v) is 5.64. The first-order chi connectivity index (χ1) is 10.1. The number of rotatable bonds is 3. The van der Waals surface area contributed by atoms with Crippen LogP contribution in [0, 0.1) is 0 Å². The molecule has 1 heterocycles. The average Bonchev–Trinajstić information content (AvgIpc) is 2.48. The van der Waals surface area contributed by atoms with Crippen molar-refractivity contribution in [3.63, 3.8) is 0 Å². The van der Waals surface area contributed by atoms with Crippen molar-refractivity contribution < 1.29 is 4.79 Å². The van der Waals surface area contributed by atoms with Gasteiger partial charge in [0.25, 0.3) is 0 Å². The highest BCUT2D eigenvalue weighted by Gasteiger charge is 2.22. The molecule has 110 valence electrons. The Morgan fingerprint density at radius 3 is 2.76 bits per heavy atom. The third-order valence-corrected chi connectivity index (χ3v) is 4.13. The quantitative estimate of drug-likeness (QED) is 0.803. The summed E-state index contributed by atoms with van der Waals surface area (Å²) >= 11 is 0. The van der Waals surface area contributed by atoms with Crippen molar-refractivity contribution >= 4 is 22.6 Å². The Bertz CT molecular complexity index is 670.